The van der Waals surface area contributed by atoms with Crippen molar-refractivity contribution in [3.63, 3.8) is 0 Å². The van der Waals surface area contributed by atoms with Crippen LogP contribution in [0.1, 0.15) is 57.2 Å². The van der Waals surface area contributed by atoms with E-state index in [4.69, 9.17) is 11.6 Å². The Kier molecular flexibility index (Phi) is 4.97. The average Bonchev–Trinajstić information content (AvgIpc) is 3.30. The van der Waals surface area contributed by atoms with Gasteiger partial charge in [-0.1, -0.05) is 31.0 Å². The van der Waals surface area contributed by atoms with Gasteiger partial charge >= 0.3 is 0 Å². The monoisotopic (exact) mass is 499 g/mol. The zero-order valence-corrected chi connectivity index (χ0v) is 21.1. The lowest BCUT2D eigenvalue weighted by molar-refractivity contribution is -0.173. The van der Waals surface area contributed by atoms with Crippen LogP contribution in [0.15, 0.2) is 30.1 Å². The van der Waals surface area contributed by atoms with Crippen LogP contribution in [0.5, 0.6) is 0 Å². The van der Waals surface area contributed by atoms with Crippen molar-refractivity contribution in [2.24, 2.45) is 28.6 Å². The summed E-state index contributed by atoms with van der Waals surface area (Å²) in [7, 11) is 0. The lowest BCUT2D eigenvalue weighted by Crippen LogP contribution is -2.61. The van der Waals surface area contributed by atoms with E-state index >= 15 is 0 Å². The molecule has 4 aliphatic rings. The number of fused-ring (bicyclic) bond motifs is 6. The molecule has 3 saturated carbocycles. The predicted molar refractivity (Wildman–Crippen MR) is 133 cm³/mol. The fourth-order valence-corrected chi connectivity index (χ4v) is 8.70. The highest BCUT2D eigenvalue weighted by atomic mass is 35.5. The minimum absolute atomic E-state index is 0.0769. The van der Waals surface area contributed by atoms with E-state index in [2.05, 4.69) is 35.7 Å². The number of thiol groups is 1. The van der Waals surface area contributed by atoms with E-state index in [1.807, 2.05) is 29.9 Å². The Balaban J connectivity index is 1.38. The third-order valence-electron chi connectivity index (χ3n) is 9.86. The number of aliphatic hydroxyl groups excluding tert-OH is 1. The molecule has 2 aromatic rings. The highest BCUT2D eigenvalue weighted by Gasteiger charge is 2.68. The highest BCUT2D eigenvalue weighted by molar-refractivity contribution is 7.96. The number of aliphatic hydroxyl groups is 2. The molecule has 0 unspecified atom stereocenters. The van der Waals surface area contributed by atoms with Gasteiger partial charge in [0.25, 0.3) is 0 Å². The Morgan fingerprint density at radius 3 is 2.76 bits per heavy atom. The van der Waals surface area contributed by atoms with Crippen molar-refractivity contribution in [2.45, 2.75) is 64.1 Å². The number of aromatic nitrogens is 3. The number of halogens is 1. The number of nitrogens with zero attached hydrogens (tertiary/aromatic N) is 3. The summed E-state index contributed by atoms with van der Waals surface area (Å²) in [5, 5.41) is 27.7. The Morgan fingerprint density at radius 1 is 1.26 bits per heavy atom. The standard InChI is InChI=1S/C26H30ClN3O3S/c1-24-10-14-12-29-30(21-6-4-16(27)13-28-21)19(14)9-15(24)3-5-17-18-7-8-26(33,23(32)34)25(18,2)11-20(31)22(17)24/h4,6,9,12-13,17-18,20,22,31,33H,3,5,7-8,10-11H2,1-2H3,(H,32,34)/t17-,18-,20-,22+,24-,25-,26-/m0/s1. The smallest absolute Gasteiger partial charge is 0.218 e. The second-order valence-electron chi connectivity index (χ2n) is 11.3. The van der Waals surface area contributed by atoms with Crippen molar-refractivity contribution in [1.82, 2.24) is 14.8 Å². The maximum Gasteiger partial charge on any atom is 0.218 e. The number of carbonyl (C=O) groups excluding carboxylic acids is 1. The van der Waals surface area contributed by atoms with Gasteiger partial charge < -0.3 is 10.2 Å². The molecule has 6 nitrogen and oxygen atoms in total. The van der Waals surface area contributed by atoms with Gasteiger partial charge in [0.2, 0.25) is 5.12 Å². The SMILES string of the molecule is C[C@]12Cc3cnn(-c4ccc(Cl)cn4)c3C=C1CC[C@@H]1[C@@H]2[C@@H](O)C[C@@]2(C)[C@H]1CC[C@]2(O)C(=O)S. The van der Waals surface area contributed by atoms with Crippen LogP contribution in [-0.4, -0.2) is 41.8 Å². The van der Waals surface area contributed by atoms with Gasteiger partial charge in [-0.25, -0.2) is 9.67 Å². The summed E-state index contributed by atoms with van der Waals surface area (Å²) in [6, 6.07) is 3.69. The van der Waals surface area contributed by atoms with Crippen LogP contribution in [0.3, 0.4) is 0 Å². The molecule has 4 aliphatic carbocycles. The quantitative estimate of drug-likeness (QED) is 0.537. The first-order valence-corrected chi connectivity index (χ1v) is 12.9. The van der Waals surface area contributed by atoms with Crippen molar-refractivity contribution in [2.75, 3.05) is 0 Å². The fraction of sp³-hybridized carbons (Fsp3) is 0.577. The molecular formula is C26H30ClN3O3S. The summed E-state index contributed by atoms with van der Waals surface area (Å²) in [5.41, 5.74) is 1.25. The Bertz CT molecular complexity index is 1210. The lowest BCUT2D eigenvalue weighted by atomic mass is 9.45. The van der Waals surface area contributed by atoms with Crippen LogP contribution < -0.4 is 0 Å². The largest absolute Gasteiger partial charge is 0.393 e. The maximum absolute atomic E-state index is 12.4. The van der Waals surface area contributed by atoms with E-state index < -0.39 is 22.2 Å². The predicted octanol–water partition coefficient (Wildman–Crippen LogP) is 4.26. The molecule has 0 aliphatic heterocycles. The molecule has 34 heavy (non-hydrogen) atoms. The van der Waals surface area contributed by atoms with E-state index in [1.54, 1.807) is 6.20 Å². The molecule has 0 aromatic carbocycles. The second-order valence-corrected chi connectivity index (χ2v) is 12.1. The number of hydrogen-bond donors (Lipinski definition) is 3. The molecule has 2 N–H and O–H groups in total. The Hall–Kier alpha value is -1.67. The van der Waals surface area contributed by atoms with Gasteiger partial charge in [-0.3, -0.25) is 4.79 Å². The van der Waals surface area contributed by atoms with Crippen LogP contribution >= 0.6 is 24.2 Å². The van der Waals surface area contributed by atoms with Gasteiger partial charge in [0.15, 0.2) is 5.82 Å². The second kappa shape index (κ2) is 7.42. The number of allylic oxidation sites excluding steroid dienone is 1. The van der Waals surface area contributed by atoms with E-state index in [0.29, 0.717) is 17.9 Å². The summed E-state index contributed by atoms with van der Waals surface area (Å²) in [6.45, 7) is 4.28. The Morgan fingerprint density at radius 2 is 2.06 bits per heavy atom. The third-order valence-corrected chi connectivity index (χ3v) is 10.5. The first kappa shape index (κ1) is 22.8. The number of pyridine rings is 1. The van der Waals surface area contributed by atoms with Crippen molar-refractivity contribution in [3.8, 4) is 5.82 Å². The summed E-state index contributed by atoms with van der Waals surface area (Å²) < 4.78 is 1.87. The van der Waals surface area contributed by atoms with Crippen LogP contribution in [0.2, 0.25) is 5.02 Å². The van der Waals surface area contributed by atoms with E-state index in [1.165, 1.54) is 5.57 Å². The third kappa shape index (κ3) is 2.87. The minimum Gasteiger partial charge on any atom is -0.393 e. The normalized spacial score (nSPS) is 40.6. The molecule has 2 aromatic heterocycles. The van der Waals surface area contributed by atoms with Crippen molar-refractivity contribution >= 4 is 35.4 Å². The molecule has 0 saturated heterocycles. The molecule has 0 radical (unpaired) electrons. The molecule has 8 heteroatoms. The van der Waals surface area contributed by atoms with Crippen LogP contribution in [0, 0.1) is 28.6 Å². The first-order chi connectivity index (χ1) is 16.1. The highest BCUT2D eigenvalue weighted by Crippen LogP contribution is 2.67. The Labute approximate surface area is 209 Å². The number of hydrogen-bond acceptors (Lipinski definition) is 5. The molecule has 0 spiro atoms. The maximum atomic E-state index is 12.4. The average molecular weight is 500 g/mol. The molecule has 2 heterocycles. The minimum atomic E-state index is -1.46. The molecule has 3 fully saturated rings. The van der Waals surface area contributed by atoms with Crippen molar-refractivity contribution in [1.29, 1.82) is 0 Å². The van der Waals surface area contributed by atoms with E-state index in [9.17, 15) is 15.0 Å². The first-order valence-electron chi connectivity index (χ1n) is 12.1. The zero-order valence-electron chi connectivity index (χ0n) is 19.4. The summed E-state index contributed by atoms with van der Waals surface area (Å²) in [6.07, 6.45) is 9.54. The number of rotatable bonds is 2. The zero-order chi connectivity index (χ0) is 24.0. The van der Waals surface area contributed by atoms with Crippen LogP contribution in [-0.2, 0) is 11.2 Å². The van der Waals surface area contributed by atoms with Crippen LogP contribution in [0.25, 0.3) is 11.9 Å². The van der Waals surface area contributed by atoms with Gasteiger partial charge in [0, 0.05) is 11.6 Å². The van der Waals surface area contributed by atoms with Gasteiger partial charge in [-0.2, -0.15) is 5.10 Å². The molecule has 180 valence electrons. The van der Waals surface area contributed by atoms with Gasteiger partial charge in [0.1, 0.15) is 5.60 Å². The molecule has 0 bridgehead atoms. The topological polar surface area (TPSA) is 88.2 Å². The molecule has 6 rings (SSSR count). The van der Waals surface area contributed by atoms with Gasteiger partial charge in [-0.15, -0.1) is 12.6 Å². The summed E-state index contributed by atoms with van der Waals surface area (Å²) in [5.74, 6) is 1.26. The molecule has 7 atom stereocenters. The van der Waals surface area contributed by atoms with Crippen molar-refractivity contribution < 1.29 is 15.0 Å². The molecule has 0 amide bonds. The number of carbonyl (C=O) groups is 1. The van der Waals surface area contributed by atoms with E-state index in [0.717, 1.165) is 42.8 Å². The van der Waals surface area contributed by atoms with Crippen LogP contribution in [0.4, 0.5) is 0 Å². The summed E-state index contributed by atoms with van der Waals surface area (Å²) >= 11 is 10.1. The summed E-state index contributed by atoms with van der Waals surface area (Å²) in [4.78, 5) is 16.8. The van der Waals surface area contributed by atoms with E-state index in [-0.39, 0.29) is 23.2 Å². The van der Waals surface area contributed by atoms with Gasteiger partial charge in [-0.05, 0) is 85.5 Å². The lowest BCUT2D eigenvalue weighted by Gasteiger charge is -2.60. The van der Waals surface area contributed by atoms with Gasteiger partial charge in [0.05, 0.1) is 23.0 Å². The van der Waals surface area contributed by atoms with Crippen molar-refractivity contribution in [3.05, 3.63) is 46.4 Å². The molecular weight excluding hydrogens is 470 g/mol. The fourth-order valence-electron chi connectivity index (χ4n) is 8.22.